The van der Waals surface area contributed by atoms with Crippen LogP contribution in [-0.4, -0.2) is 96.6 Å². The van der Waals surface area contributed by atoms with Gasteiger partial charge in [0.1, 0.15) is 5.60 Å². The van der Waals surface area contributed by atoms with Crippen molar-refractivity contribution in [2.45, 2.75) is 81.3 Å². The Kier molecular flexibility index (Phi) is 13.4. The van der Waals surface area contributed by atoms with E-state index in [0.29, 0.717) is 37.9 Å². The number of esters is 1. The third-order valence-electron chi connectivity index (χ3n) is 6.23. The number of carbonyl (C=O) groups is 2. The molecule has 1 aromatic carbocycles. The zero-order valence-electron chi connectivity index (χ0n) is 26.1. The van der Waals surface area contributed by atoms with Gasteiger partial charge in [-0.1, -0.05) is 6.92 Å². The van der Waals surface area contributed by atoms with E-state index in [2.05, 4.69) is 83.0 Å². The van der Waals surface area contributed by atoms with E-state index in [-0.39, 0.29) is 18.4 Å². The van der Waals surface area contributed by atoms with Crippen molar-refractivity contribution in [3.8, 4) is 0 Å². The molecule has 0 aliphatic carbocycles. The minimum absolute atomic E-state index is 0.0103. The van der Waals surface area contributed by atoms with E-state index in [4.69, 9.17) is 4.74 Å². The molecular formula is C29H51N7O3Sn. The van der Waals surface area contributed by atoms with Gasteiger partial charge in [0.05, 0.1) is 0 Å². The maximum absolute atomic E-state index is 13.0. The summed E-state index contributed by atoms with van der Waals surface area (Å²) in [7, 11) is 0. The predicted molar refractivity (Wildman–Crippen MR) is 166 cm³/mol. The molecule has 0 unspecified atom stereocenters. The molecule has 2 rings (SSSR count). The van der Waals surface area contributed by atoms with Crippen LogP contribution in [0.3, 0.4) is 0 Å². The van der Waals surface area contributed by atoms with Gasteiger partial charge in [-0.05, 0) is 27.2 Å². The molecule has 0 aromatic heterocycles. The number of ether oxygens (including phenoxy) is 1. The summed E-state index contributed by atoms with van der Waals surface area (Å²) in [6, 6.07) is 6.50. The predicted octanol–water partition coefficient (Wildman–Crippen LogP) is 2.80. The van der Waals surface area contributed by atoms with E-state index < -0.39 is 24.0 Å². The molecule has 10 nitrogen and oxygen atoms in total. The molecule has 1 aliphatic heterocycles. The molecule has 224 valence electrons. The molecule has 0 radical (unpaired) electrons. The monoisotopic (exact) mass is 665 g/mol. The average molecular weight is 664 g/mol. The molecule has 11 heteroatoms. The Balaban J connectivity index is 2.02. The van der Waals surface area contributed by atoms with Crippen LogP contribution in [0.5, 0.6) is 0 Å². The fourth-order valence-electron chi connectivity index (χ4n) is 4.29. The molecule has 0 spiro atoms. The molecule has 1 aliphatic rings. The van der Waals surface area contributed by atoms with Gasteiger partial charge in [-0.15, -0.1) is 0 Å². The number of rotatable bonds is 15. The molecule has 1 heterocycles. The van der Waals surface area contributed by atoms with E-state index >= 15 is 0 Å². The number of carbonyl (C=O) groups excluding carboxylic acids is 2. The fraction of sp³-hybridized carbons (Fsp3) is 0.655. The van der Waals surface area contributed by atoms with Crippen molar-refractivity contribution in [1.82, 2.24) is 26.0 Å². The van der Waals surface area contributed by atoms with Crippen molar-refractivity contribution in [2.75, 3.05) is 39.3 Å². The summed E-state index contributed by atoms with van der Waals surface area (Å²) < 4.78 is 6.87. The van der Waals surface area contributed by atoms with Crippen LogP contribution in [0.1, 0.15) is 65.5 Å². The number of amides is 1. The van der Waals surface area contributed by atoms with Crippen LogP contribution in [0.25, 0.3) is 0 Å². The Morgan fingerprint density at radius 2 is 1.55 bits per heavy atom. The molecule has 3 N–H and O–H groups in total. The molecule has 1 aromatic rings. The summed E-state index contributed by atoms with van der Waals surface area (Å²) in [6.07, 6.45) is 1.89. The van der Waals surface area contributed by atoms with Gasteiger partial charge in [0.25, 0.3) is 0 Å². The summed E-state index contributed by atoms with van der Waals surface area (Å²) in [5, 5.41) is 11.8. The first-order chi connectivity index (χ1) is 18.7. The van der Waals surface area contributed by atoms with Crippen LogP contribution < -0.4 is 19.7 Å². The third-order valence-corrected chi connectivity index (χ3v) is 12.0. The number of nitrogens with one attached hydrogen (secondary N) is 3. The summed E-state index contributed by atoms with van der Waals surface area (Å²) >= 11 is -2.41. The standard InChI is InChI=1S/C26H42N7O3.3CH3.Sn/c1-7-12-32(14-15-33(13-8-2)19-24(35)36-26(4,5)6)18-23(34)27-17-21-10-9-11-22(16-21)25-30-28-20(3)29-31-25;;;;/h10-11,16H,7-8,12-15,17-19H2,1-6H3,(H,27,34)(H,28,29)(H,30,31);3*1H3;. The summed E-state index contributed by atoms with van der Waals surface area (Å²) in [6.45, 7) is 15.8. The van der Waals surface area contributed by atoms with Gasteiger partial charge in [-0.3, -0.25) is 4.79 Å². The van der Waals surface area contributed by atoms with Crippen molar-refractivity contribution in [3.63, 3.8) is 0 Å². The SMILES string of the molecule is CCCN(CCN(CCC)CC(=O)OC(C)(C)C)CC(=O)NCc1cc(C2=NNC(C)=NN2)c[c]([Sn]([CH3])([CH3])[CH3])c1. The minimum atomic E-state index is -2.41. The van der Waals surface area contributed by atoms with Gasteiger partial charge in [-0.2, -0.15) is 0 Å². The Morgan fingerprint density at radius 3 is 2.08 bits per heavy atom. The Bertz CT molecular complexity index is 1060. The van der Waals surface area contributed by atoms with Crippen molar-refractivity contribution in [2.24, 2.45) is 10.2 Å². The Morgan fingerprint density at radius 1 is 0.925 bits per heavy atom. The zero-order chi connectivity index (χ0) is 29.9. The van der Waals surface area contributed by atoms with Gasteiger partial charge in [0.2, 0.25) is 0 Å². The van der Waals surface area contributed by atoms with Gasteiger partial charge >= 0.3 is 197 Å². The number of hydrogen-bond acceptors (Lipinski definition) is 9. The van der Waals surface area contributed by atoms with Gasteiger partial charge in [-0.25, -0.2) is 0 Å². The van der Waals surface area contributed by atoms with Gasteiger partial charge in [0, 0.05) is 0 Å². The van der Waals surface area contributed by atoms with Crippen molar-refractivity contribution in [3.05, 3.63) is 29.3 Å². The van der Waals surface area contributed by atoms with E-state index in [0.717, 1.165) is 37.1 Å². The van der Waals surface area contributed by atoms with E-state index in [1.54, 1.807) is 0 Å². The maximum atomic E-state index is 13.0. The number of hydrogen-bond donors (Lipinski definition) is 3. The number of nitrogens with zero attached hydrogens (tertiary/aromatic N) is 4. The second-order valence-electron chi connectivity index (χ2n) is 12.5. The molecule has 1 amide bonds. The average Bonchev–Trinajstić information content (AvgIpc) is 2.85. The van der Waals surface area contributed by atoms with Gasteiger partial charge < -0.3 is 4.74 Å². The molecule has 0 saturated heterocycles. The van der Waals surface area contributed by atoms with Crippen molar-refractivity contribution in [1.29, 1.82) is 0 Å². The molecule has 0 atom stereocenters. The van der Waals surface area contributed by atoms with E-state index in [9.17, 15) is 9.59 Å². The first-order valence-electron chi connectivity index (χ1n) is 14.4. The number of hydrazone groups is 2. The van der Waals surface area contributed by atoms with Crippen LogP contribution in [0.15, 0.2) is 28.4 Å². The first-order valence-corrected chi connectivity index (χ1v) is 24.4. The summed E-state index contributed by atoms with van der Waals surface area (Å²) in [5.74, 6) is 1.16. The molecule has 0 bridgehead atoms. The second kappa shape index (κ2) is 15.7. The fourth-order valence-corrected chi connectivity index (χ4v) is 7.73. The number of amidine groups is 2. The summed E-state index contributed by atoms with van der Waals surface area (Å²) in [5.41, 5.74) is 7.47. The van der Waals surface area contributed by atoms with Gasteiger partial charge in [0.15, 0.2) is 0 Å². The second-order valence-corrected chi connectivity index (χ2v) is 27.0. The quantitative estimate of drug-likeness (QED) is 0.196. The molecule has 40 heavy (non-hydrogen) atoms. The number of benzene rings is 1. The topological polar surface area (TPSA) is 111 Å². The Labute approximate surface area is 245 Å². The van der Waals surface area contributed by atoms with E-state index in [1.807, 2.05) is 27.7 Å². The first kappa shape index (κ1) is 34.0. The molecular weight excluding hydrogens is 613 g/mol. The van der Waals surface area contributed by atoms with Crippen molar-refractivity contribution < 1.29 is 14.3 Å². The normalized spacial score (nSPS) is 13.9. The van der Waals surface area contributed by atoms with Crippen LogP contribution >= 0.6 is 0 Å². The van der Waals surface area contributed by atoms with Crippen LogP contribution in [0.4, 0.5) is 0 Å². The van der Waals surface area contributed by atoms with Crippen molar-refractivity contribution >= 4 is 45.5 Å². The van der Waals surface area contributed by atoms with Crippen LogP contribution in [0, 0.1) is 0 Å². The van der Waals surface area contributed by atoms with E-state index in [1.165, 1.54) is 3.58 Å². The van der Waals surface area contributed by atoms with Crippen LogP contribution in [0.2, 0.25) is 14.8 Å². The Hall–Kier alpha value is -2.18. The third kappa shape index (κ3) is 12.6. The van der Waals surface area contributed by atoms with Crippen LogP contribution in [-0.2, 0) is 20.9 Å². The molecule has 0 saturated carbocycles. The zero-order valence-corrected chi connectivity index (χ0v) is 29.0. The molecule has 0 fully saturated rings. The summed E-state index contributed by atoms with van der Waals surface area (Å²) in [4.78, 5) is 36.8.